The van der Waals surface area contributed by atoms with Crippen LogP contribution < -0.4 is 10.6 Å². The Bertz CT molecular complexity index is 751. The molecule has 7 heteroatoms. The van der Waals surface area contributed by atoms with Crippen LogP contribution in [0.2, 0.25) is 0 Å². The molecule has 0 spiro atoms. The van der Waals surface area contributed by atoms with E-state index in [1.807, 2.05) is 12.1 Å². The van der Waals surface area contributed by atoms with E-state index in [0.717, 1.165) is 24.1 Å². The molecule has 132 valence electrons. The summed E-state index contributed by atoms with van der Waals surface area (Å²) in [5, 5.41) is 5.34. The fourth-order valence-electron chi connectivity index (χ4n) is 4.02. The van der Waals surface area contributed by atoms with Crippen molar-refractivity contribution in [1.29, 1.82) is 0 Å². The zero-order valence-electron chi connectivity index (χ0n) is 13.8. The maximum absolute atomic E-state index is 14.2. The quantitative estimate of drug-likeness (QED) is 0.780. The summed E-state index contributed by atoms with van der Waals surface area (Å²) in [5.41, 5.74) is 2.31. The number of hydrogen-bond donors (Lipinski definition) is 2. The average Bonchev–Trinajstić information content (AvgIpc) is 2.91. The smallest absolute Gasteiger partial charge is 0.255 e. The molecule has 1 aromatic carbocycles. The number of alkyl halides is 1. The number of carbonyl (C=O) groups is 3. The van der Waals surface area contributed by atoms with Crippen molar-refractivity contribution in [3.8, 4) is 0 Å². The van der Waals surface area contributed by atoms with Crippen molar-refractivity contribution in [2.24, 2.45) is 0 Å². The van der Waals surface area contributed by atoms with Gasteiger partial charge in [0, 0.05) is 31.0 Å². The highest BCUT2D eigenvalue weighted by molar-refractivity contribution is 6.05. The van der Waals surface area contributed by atoms with E-state index in [1.165, 1.54) is 4.90 Å². The predicted molar refractivity (Wildman–Crippen MR) is 87.6 cm³/mol. The lowest BCUT2D eigenvalue weighted by Gasteiger charge is -2.29. The summed E-state index contributed by atoms with van der Waals surface area (Å²) in [6.07, 6.45) is 0.374. The topological polar surface area (TPSA) is 78.5 Å². The molecule has 0 aliphatic carbocycles. The standard InChI is InChI=1S/C18H20FN3O3/c19-14-8-20-6-5-12(14)10-1-2-13-11(7-10)9-22(18(13)25)15-3-4-16(23)21-17(15)24/h1-2,7,12,14-15,20H,3-6,8-9H2,(H,21,23,24). The highest BCUT2D eigenvalue weighted by Gasteiger charge is 2.39. The molecule has 1 aromatic rings. The van der Waals surface area contributed by atoms with Crippen molar-refractivity contribution in [2.75, 3.05) is 13.1 Å². The van der Waals surface area contributed by atoms with Gasteiger partial charge in [0.05, 0.1) is 0 Å². The number of hydrogen-bond acceptors (Lipinski definition) is 4. The molecule has 0 aromatic heterocycles. The molecule has 3 aliphatic rings. The first-order valence-corrected chi connectivity index (χ1v) is 8.67. The normalized spacial score (nSPS) is 29.6. The van der Waals surface area contributed by atoms with E-state index in [9.17, 15) is 18.8 Å². The first kappa shape index (κ1) is 16.2. The summed E-state index contributed by atoms with van der Waals surface area (Å²) in [6, 6.07) is 4.86. The van der Waals surface area contributed by atoms with E-state index in [2.05, 4.69) is 10.6 Å². The molecule has 3 aliphatic heterocycles. The van der Waals surface area contributed by atoms with Gasteiger partial charge in [-0.2, -0.15) is 0 Å². The van der Waals surface area contributed by atoms with E-state index < -0.39 is 18.1 Å². The van der Waals surface area contributed by atoms with Crippen LogP contribution in [0.25, 0.3) is 0 Å². The summed E-state index contributed by atoms with van der Waals surface area (Å²) in [6.45, 7) is 1.46. The number of nitrogens with one attached hydrogen (secondary N) is 2. The Morgan fingerprint density at radius 3 is 2.76 bits per heavy atom. The van der Waals surface area contributed by atoms with E-state index >= 15 is 0 Å². The third kappa shape index (κ3) is 2.82. The van der Waals surface area contributed by atoms with Gasteiger partial charge in [0.2, 0.25) is 11.8 Å². The fourth-order valence-corrected chi connectivity index (χ4v) is 4.02. The molecule has 25 heavy (non-hydrogen) atoms. The molecule has 6 nitrogen and oxygen atoms in total. The van der Waals surface area contributed by atoms with Crippen LogP contribution >= 0.6 is 0 Å². The minimum Gasteiger partial charge on any atom is -0.322 e. The van der Waals surface area contributed by atoms with Gasteiger partial charge in [-0.15, -0.1) is 0 Å². The zero-order chi connectivity index (χ0) is 17.6. The maximum Gasteiger partial charge on any atom is 0.255 e. The van der Waals surface area contributed by atoms with Crippen LogP contribution in [0.4, 0.5) is 4.39 Å². The maximum atomic E-state index is 14.2. The van der Waals surface area contributed by atoms with Gasteiger partial charge in [0.1, 0.15) is 12.2 Å². The van der Waals surface area contributed by atoms with Crippen molar-refractivity contribution in [3.05, 3.63) is 34.9 Å². The lowest BCUT2D eigenvalue weighted by molar-refractivity contribution is -0.136. The van der Waals surface area contributed by atoms with Gasteiger partial charge in [0.15, 0.2) is 0 Å². The Kier molecular flexibility index (Phi) is 4.03. The largest absolute Gasteiger partial charge is 0.322 e. The van der Waals surface area contributed by atoms with E-state index in [4.69, 9.17) is 0 Å². The minimum atomic E-state index is -0.935. The van der Waals surface area contributed by atoms with Crippen LogP contribution in [-0.4, -0.2) is 47.9 Å². The van der Waals surface area contributed by atoms with Crippen LogP contribution in [0.3, 0.4) is 0 Å². The molecule has 3 amide bonds. The van der Waals surface area contributed by atoms with E-state index in [0.29, 0.717) is 25.1 Å². The molecule has 0 saturated carbocycles. The Morgan fingerprint density at radius 2 is 2.00 bits per heavy atom. The lowest BCUT2D eigenvalue weighted by Crippen LogP contribution is -2.52. The Morgan fingerprint density at radius 1 is 1.16 bits per heavy atom. The van der Waals surface area contributed by atoms with Crippen molar-refractivity contribution in [1.82, 2.24) is 15.5 Å². The van der Waals surface area contributed by atoms with Gasteiger partial charge in [-0.05, 0) is 36.6 Å². The second kappa shape index (κ2) is 6.22. The molecule has 2 N–H and O–H groups in total. The lowest BCUT2D eigenvalue weighted by atomic mass is 9.87. The highest BCUT2D eigenvalue weighted by Crippen LogP contribution is 2.33. The van der Waals surface area contributed by atoms with Crippen LogP contribution in [0.5, 0.6) is 0 Å². The minimum absolute atomic E-state index is 0.161. The van der Waals surface area contributed by atoms with Gasteiger partial charge in [-0.1, -0.05) is 12.1 Å². The van der Waals surface area contributed by atoms with Gasteiger partial charge in [-0.25, -0.2) is 4.39 Å². The Hall–Kier alpha value is -2.28. The first-order valence-electron chi connectivity index (χ1n) is 8.67. The van der Waals surface area contributed by atoms with E-state index in [1.54, 1.807) is 6.07 Å². The summed E-state index contributed by atoms with van der Waals surface area (Å²) in [7, 11) is 0. The van der Waals surface area contributed by atoms with Crippen LogP contribution in [0.15, 0.2) is 18.2 Å². The first-order chi connectivity index (χ1) is 12.0. The number of halogens is 1. The summed E-state index contributed by atoms with van der Waals surface area (Å²) in [4.78, 5) is 37.5. The highest BCUT2D eigenvalue weighted by atomic mass is 19.1. The van der Waals surface area contributed by atoms with E-state index in [-0.39, 0.29) is 24.2 Å². The van der Waals surface area contributed by atoms with Gasteiger partial charge >= 0.3 is 0 Å². The van der Waals surface area contributed by atoms with Crippen molar-refractivity contribution >= 4 is 17.7 Å². The van der Waals surface area contributed by atoms with Crippen LogP contribution in [0.1, 0.15) is 46.7 Å². The molecule has 0 radical (unpaired) electrons. The number of carbonyl (C=O) groups excluding carboxylic acids is 3. The Balaban J connectivity index is 1.57. The number of benzene rings is 1. The molecule has 3 atom stereocenters. The number of imide groups is 1. The van der Waals surface area contributed by atoms with Crippen LogP contribution in [0, 0.1) is 0 Å². The second-order valence-electron chi connectivity index (χ2n) is 6.93. The van der Waals surface area contributed by atoms with Crippen molar-refractivity contribution in [3.63, 3.8) is 0 Å². The number of fused-ring (bicyclic) bond motifs is 1. The average molecular weight is 345 g/mol. The van der Waals surface area contributed by atoms with Gasteiger partial charge in [-0.3, -0.25) is 19.7 Å². The predicted octanol–water partition coefficient (Wildman–Crippen LogP) is 0.863. The zero-order valence-corrected chi connectivity index (χ0v) is 13.8. The fraction of sp³-hybridized carbons (Fsp3) is 0.500. The molecule has 2 fully saturated rings. The van der Waals surface area contributed by atoms with Crippen LogP contribution in [-0.2, 0) is 16.1 Å². The molecule has 0 bridgehead atoms. The molecule has 4 rings (SSSR count). The van der Waals surface area contributed by atoms with Gasteiger partial charge in [0.25, 0.3) is 5.91 Å². The molecule has 2 saturated heterocycles. The number of nitrogens with zero attached hydrogens (tertiary/aromatic N) is 1. The van der Waals surface area contributed by atoms with Crippen molar-refractivity contribution < 1.29 is 18.8 Å². The monoisotopic (exact) mass is 345 g/mol. The third-order valence-corrected chi connectivity index (χ3v) is 5.38. The second-order valence-corrected chi connectivity index (χ2v) is 6.93. The van der Waals surface area contributed by atoms with Gasteiger partial charge < -0.3 is 10.2 Å². The molecule has 3 heterocycles. The number of piperidine rings is 2. The third-order valence-electron chi connectivity index (χ3n) is 5.38. The van der Waals surface area contributed by atoms with Crippen molar-refractivity contribution in [2.45, 2.75) is 43.9 Å². The number of rotatable bonds is 2. The summed E-state index contributed by atoms with van der Waals surface area (Å²) < 4.78 is 14.2. The molecular formula is C18H20FN3O3. The molecule has 3 unspecified atom stereocenters. The number of amides is 3. The Labute approximate surface area is 144 Å². The summed E-state index contributed by atoms with van der Waals surface area (Å²) in [5.74, 6) is -1.07. The molecular weight excluding hydrogens is 325 g/mol. The summed E-state index contributed by atoms with van der Waals surface area (Å²) >= 11 is 0. The SMILES string of the molecule is O=C1CCC(N2Cc3cc(C4CCNCC4F)ccc3C2=O)C(=O)N1.